The third kappa shape index (κ3) is 3.24. The molecule has 0 amide bonds. The largest absolute Gasteiger partial charge is 0.490 e. The summed E-state index contributed by atoms with van der Waals surface area (Å²) in [6, 6.07) is 6.49. The highest BCUT2D eigenvalue weighted by Crippen LogP contribution is 2.33. The van der Waals surface area contributed by atoms with Gasteiger partial charge in [0.05, 0.1) is 31.2 Å². The molecule has 138 valence electrons. The number of aromatic nitrogens is 4. The molecule has 1 aromatic carbocycles. The van der Waals surface area contributed by atoms with Gasteiger partial charge in [-0.05, 0) is 37.8 Å². The monoisotopic (exact) mass is 363 g/mol. The third-order valence-electron chi connectivity index (χ3n) is 5.06. The van der Waals surface area contributed by atoms with Crippen LogP contribution in [-0.2, 0) is 0 Å². The van der Waals surface area contributed by atoms with E-state index in [0.29, 0.717) is 29.2 Å². The number of hydrogen-bond donors (Lipinski definition) is 2. The maximum atomic E-state index is 7.13. The summed E-state index contributed by atoms with van der Waals surface area (Å²) in [6.45, 7) is 7.13. The second-order valence-electron chi connectivity index (χ2n) is 6.73. The normalized spacial score (nSPS) is 19.6. The van der Waals surface area contributed by atoms with Crippen LogP contribution < -0.4 is 15.8 Å². The first kappa shape index (κ1) is 17.1. The molecule has 2 aromatic heterocycles. The van der Waals surface area contributed by atoms with Gasteiger partial charge in [-0.25, -0.2) is 14.8 Å². The Labute approximate surface area is 157 Å². The van der Waals surface area contributed by atoms with Gasteiger partial charge in [-0.1, -0.05) is 6.07 Å². The number of anilines is 2. The van der Waals surface area contributed by atoms with Gasteiger partial charge in [-0.3, -0.25) is 0 Å². The highest BCUT2D eigenvalue weighted by Gasteiger charge is 2.25. The average Bonchev–Trinajstić information content (AvgIpc) is 3.13. The van der Waals surface area contributed by atoms with E-state index in [4.69, 9.17) is 17.0 Å². The van der Waals surface area contributed by atoms with E-state index in [0.717, 1.165) is 36.7 Å². The number of para-hydroxylation sites is 1. The van der Waals surface area contributed by atoms with Gasteiger partial charge in [0.1, 0.15) is 5.52 Å². The maximum Gasteiger partial charge on any atom is 0.264 e. The van der Waals surface area contributed by atoms with Gasteiger partial charge in [0.25, 0.3) is 5.69 Å². The molecule has 0 radical (unpaired) electrons. The number of ether oxygens (including phenoxy) is 1. The van der Waals surface area contributed by atoms with Crippen molar-refractivity contribution in [2.75, 3.05) is 18.2 Å². The minimum absolute atomic E-state index is 0.241. The van der Waals surface area contributed by atoms with Gasteiger partial charge in [-0.2, -0.15) is 4.98 Å². The number of fused-ring (bicyclic) bond motifs is 1. The Morgan fingerprint density at radius 2 is 2.22 bits per heavy atom. The number of nitrogen functional groups attached to an aromatic ring is 1. The average molecular weight is 363 g/mol. The summed E-state index contributed by atoms with van der Waals surface area (Å²) in [4.78, 5) is 16.4. The summed E-state index contributed by atoms with van der Waals surface area (Å²) in [5.74, 6) is 0.788. The Balaban J connectivity index is 1.53. The maximum absolute atomic E-state index is 7.13. The van der Waals surface area contributed by atoms with Crippen molar-refractivity contribution in [3.8, 4) is 5.88 Å². The van der Waals surface area contributed by atoms with Gasteiger partial charge >= 0.3 is 0 Å². The second kappa shape index (κ2) is 7.11. The molecule has 0 bridgehead atoms. The van der Waals surface area contributed by atoms with Gasteiger partial charge in [0, 0.05) is 18.3 Å². The highest BCUT2D eigenvalue weighted by molar-refractivity contribution is 5.87. The highest BCUT2D eigenvalue weighted by atomic mass is 16.5. The van der Waals surface area contributed by atoms with E-state index >= 15 is 0 Å². The first-order valence-corrected chi connectivity index (χ1v) is 8.95. The summed E-state index contributed by atoms with van der Waals surface area (Å²) in [5, 5.41) is 3.39. The SMILES string of the molecule is [C-]#[N+]c1cnc(N[C@@H]2CCC[C@H](n3cnc4c(N)cccc43)C2)nc1OC. The Morgan fingerprint density at radius 3 is 3.04 bits per heavy atom. The van der Waals surface area contributed by atoms with E-state index in [2.05, 4.69) is 35.7 Å². The molecule has 0 aliphatic heterocycles. The zero-order valence-electron chi connectivity index (χ0n) is 15.1. The van der Waals surface area contributed by atoms with Gasteiger partial charge in [0.2, 0.25) is 11.8 Å². The van der Waals surface area contributed by atoms with Gasteiger partial charge in [0.15, 0.2) is 0 Å². The van der Waals surface area contributed by atoms with Crippen molar-refractivity contribution in [3.05, 3.63) is 42.1 Å². The smallest absolute Gasteiger partial charge is 0.264 e. The summed E-state index contributed by atoms with van der Waals surface area (Å²) >= 11 is 0. The molecule has 3 N–H and O–H groups in total. The summed E-state index contributed by atoms with van der Waals surface area (Å²) in [5.41, 5.74) is 8.99. The molecule has 1 saturated carbocycles. The quantitative estimate of drug-likeness (QED) is 0.543. The number of methoxy groups -OCH3 is 1. The van der Waals surface area contributed by atoms with Crippen LogP contribution in [-0.4, -0.2) is 32.7 Å². The molecule has 27 heavy (non-hydrogen) atoms. The molecule has 3 aromatic rings. The molecule has 2 heterocycles. The molecule has 0 spiro atoms. The fraction of sp³-hybridized carbons (Fsp3) is 0.368. The van der Waals surface area contributed by atoms with Crippen LogP contribution in [0.3, 0.4) is 0 Å². The lowest BCUT2D eigenvalue weighted by Crippen LogP contribution is -2.29. The molecule has 4 rings (SSSR count). The molecule has 2 atom stereocenters. The van der Waals surface area contributed by atoms with E-state index in [-0.39, 0.29) is 6.04 Å². The molecule has 8 heteroatoms. The van der Waals surface area contributed by atoms with E-state index in [1.807, 2.05) is 18.5 Å². The second-order valence-corrected chi connectivity index (χ2v) is 6.73. The fourth-order valence-corrected chi connectivity index (χ4v) is 3.76. The standard InChI is InChI=1S/C19H21N7O/c1-21-15-10-22-19(25-18(15)27-2)24-12-5-3-6-13(9-12)26-11-23-17-14(20)7-4-8-16(17)26/h4,7-8,10-13H,3,5-6,9,20H2,2H3,(H,22,24,25)/t12-,13+/m1/s1. The molecule has 1 aliphatic rings. The Hall–Kier alpha value is -3.34. The third-order valence-corrected chi connectivity index (χ3v) is 5.06. The molecular weight excluding hydrogens is 342 g/mol. The number of hydrogen-bond acceptors (Lipinski definition) is 6. The summed E-state index contributed by atoms with van der Waals surface area (Å²) < 4.78 is 7.40. The van der Waals surface area contributed by atoms with Crippen LogP contribution in [0.15, 0.2) is 30.7 Å². The molecular formula is C19H21N7O. The molecule has 1 fully saturated rings. The topological polar surface area (TPSA) is 95.2 Å². The van der Waals surface area contributed by atoms with Gasteiger partial charge in [-0.15, -0.1) is 0 Å². The van der Waals surface area contributed by atoms with Crippen LogP contribution in [0.25, 0.3) is 15.9 Å². The number of nitrogens with zero attached hydrogens (tertiary/aromatic N) is 5. The molecule has 0 saturated heterocycles. The van der Waals surface area contributed by atoms with Crippen molar-refractivity contribution in [2.24, 2.45) is 0 Å². The van der Waals surface area contributed by atoms with E-state index in [9.17, 15) is 0 Å². The number of nitrogens with two attached hydrogens (primary N) is 1. The van der Waals surface area contributed by atoms with Crippen molar-refractivity contribution in [1.29, 1.82) is 0 Å². The number of imidazole rings is 1. The Morgan fingerprint density at radius 1 is 1.33 bits per heavy atom. The van der Waals surface area contributed by atoms with E-state index in [1.165, 1.54) is 13.3 Å². The Bertz CT molecular complexity index is 1010. The van der Waals surface area contributed by atoms with Crippen LogP contribution in [0.5, 0.6) is 5.88 Å². The van der Waals surface area contributed by atoms with Gasteiger partial charge < -0.3 is 20.4 Å². The predicted molar refractivity (Wildman–Crippen MR) is 104 cm³/mol. The minimum Gasteiger partial charge on any atom is -0.490 e. The zero-order valence-corrected chi connectivity index (χ0v) is 15.1. The summed E-state index contributed by atoms with van der Waals surface area (Å²) in [6.07, 6.45) is 7.56. The van der Waals surface area contributed by atoms with Crippen LogP contribution >= 0.6 is 0 Å². The molecule has 0 unspecified atom stereocenters. The van der Waals surface area contributed by atoms with E-state index < -0.39 is 0 Å². The van der Waals surface area contributed by atoms with Crippen molar-refractivity contribution < 1.29 is 4.74 Å². The first-order chi connectivity index (χ1) is 13.2. The lowest BCUT2D eigenvalue weighted by Gasteiger charge is -2.31. The number of nitrogens with one attached hydrogen (secondary N) is 1. The minimum atomic E-state index is 0.241. The van der Waals surface area contributed by atoms with Crippen LogP contribution in [0.4, 0.5) is 17.3 Å². The van der Waals surface area contributed by atoms with Crippen LogP contribution in [0.1, 0.15) is 31.7 Å². The van der Waals surface area contributed by atoms with Crippen LogP contribution in [0.2, 0.25) is 0 Å². The lowest BCUT2D eigenvalue weighted by molar-refractivity contribution is 0.336. The first-order valence-electron chi connectivity index (χ1n) is 8.95. The number of rotatable bonds is 4. The summed E-state index contributed by atoms with van der Waals surface area (Å²) in [7, 11) is 1.51. The van der Waals surface area contributed by atoms with Crippen LogP contribution in [0, 0.1) is 6.57 Å². The van der Waals surface area contributed by atoms with E-state index in [1.54, 1.807) is 0 Å². The van der Waals surface area contributed by atoms with Crippen molar-refractivity contribution >= 4 is 28.4 Å². The Kier molecular flexibility index (Phi) is 4.50. The van der Waals surface area contributed by atoms with Crippen molar-refractivity contribution in [2.45, 2.75) is 37.8 Å². The predicted octanol–water partition coefficient (Wildman–Crippen LogP) is 3.56. The number of benzene rings is 1. The van der Waals surface area contributed by atoms with Crippen molar-refractivity contribution in [1.82, 2.24) is 19.5 Å². The molecule has 1 aliphatic carbocycles. The lowest BCUT2D eigenvalue weighted by atomic mass is 9.90. The van der Waals surface area contributed by atoms with Crippen molar-refractivity contribution in [3.63, 3.8) is 0 Å². The zero-order chi connectivity index (χ0) is 18.8. The molecule has 8 nitrogen and oxygen atoms in total. The fourth-order valence-electron chi connectivity index (χ4n) is 3.76.